The Hall–Kier alpha value is -3.00. The second kappa shape index (κ2) is 7.20. The molecule has 0 bridgehead atoms. The number of hydrogen-bond acceptors (Lipinski definition) is 5. The summed E-state index contributed by atoms with van der Waals surface area (Å²) in [5, 5.41) is 0. The molecule has 28 heavy (non-hydrogen) atoms. The summed E-state index contributed by atoms with van der Waals surface area (Å²) in [5.74, 6) is 0.307. The molecule has 4 rings (SSSR count). The van der Waals surface area contributed by atoms with E-state index in [4.69, 9.17) is 0 Å². The number of fused-ring (bicyclic) bond motifs is 1. The molecule has 1 amide bonds. The van der Waals surface area contributed by atoms with Crippen LogP contribution in [0.2, 0.25) is 0 Å². The third-order valence-corrected chi connectivity index (χ3v) is 6.67. The third kappa shape index (κ3) is 3.20. The van der Waals surface area contributed by atoms with Crippen LogP contribution in [-0.4, -0.2) is 46.1 Å². The van der Waals surface area contributed by atoms with Crippen LogP contribution in [0.1, 0.15) is 23.2 Å². The number of carbonyl (C=O) groups excluding carboxylic acids is 1. The van der Waals surface area contributed by atoms with Crippen LogP contribution in [0, 0.1) is 0 Å². The summed E-state index contributed by atoms with van der Waals surface area (Å²) in [6.45, 7) is 2.92. The van der Waals surface area contributed by atoms with Crippen molar-refractivity contribution in [2.75, 3.05) is 12.3 Å². The summed E-state index contributed by atoms with van der Waals surface area (Å²) in [6, 6.07) is 12.9. The van der Waals surface area contributed by atoms with Gasteiger partial charge in [0.1, 0.15) is 11.5 Å². The summed E-state index contributed by atoms with van der Waals surface area (Å²) in [4.78, 5) is 23.2. The normalized spacial score (nSPS) is 14.0. The monoisotopic (exact) mass is 396 g/mol. The van der Waals surface area contributed by atoms with Crippen LogP contribution < -0.4 is 0 Å². The second-order valence-electron chi connectivity index (χ2n) is 6.56. The molecule has 0 fully saturated rings. The molecule has 0 saturated carbocycles. The standard InChI is InChI=1S/C20H20N4O3S/c1-2-28(26,27)17-9-6-10-21-19(17)20(25)23-11-12-24-16(13-22-18(24)14-23)15-7-4-3-5-8-15/h3-10,13H,2,11-12,14H2,1H3. The van der Waals surface area contributed by atoms with E-state index in [1.165, 1.54) is 18.3 Å². The van der Waals surface area contributed by atoms with Crippen LogP contribution in [0.4, 0.5) is 0 Å². The zero-order chi connectivity index (χ0) is 19.7. The van der Waals surface area contributed by atoms with Gasteiger partial charge >= 0.3 is 0 Å². The smallest absolute Gasteiger partial charge is 0.274 e. The predicted molar refractivity (Wildman–Crippen MR) is 104 cm³/mol. The number of rotatable bonds is 4. The highest BCUT2D eigenvalue weighted by Crippen LogP contribution is 2.25. The Kier molecular flexibility index (Phi) is 4.72. The van der Waals surface area contributed by atoms with Crippen molar-refractivity contribution in [1.82, 2.24) is 19.4 Å². The van der Waals surface area contributed by atoms with Crippen molar-refractivity contribution in [1.29, 1.82) is 0 Å². The average Bonchev–Trinajstić information content (AvgIpc) is 3.17. The van der Waals surface area contributed by atoms with Crippen molar-refractivity contribution >= 4 is 15.7 Å². The molecule has 0 radical (unpaired) electrons. The molecule has 0 aliphatic carbocycles. The largest absolute Gasteiger partial charge is 0.328 e. The van der Waals surface area contributed by atoms with Crippen molar-refractivity contribution < 1.29 is 13.2 Å². The van der Waals surface area contributed by atoms with E-state index in [0.717, 1.165) is 17.1 Å². The molecule has 144 valence electrons. The van der Waals surface area contributed by atoms with Gasteiger partial charge in [0.15, 0.2) is 9.84 Å². The Bertz CT molecular complexity index is 1120. The molecule has 0 atom stereocenters. The highest BCUT2D eigenvalue weighted by Gasteiger charge is 2.29. The molecular formula is C20H20N4O3S. The Labute approximate surface area is 163 Å². The van der Waals surface area contributed by atoms with E-state index in [9.17, 15) is 13.2 Å². The second-order valence-corrected chi connectivity index (χ2v) is 8.80. The summed E-state index contributed by atoms with van der Waals surface area (Å²) < 4.78 is 26.8. The Balaban J connectivity index is 1.63. The molecule has 0 saturated heterocycles. The molecule has 7 nitrogen and oxygen atoms in total. The van der Waals surface area contributed by atoms with Crippen molar-refractivity contribution in [3.8, 4) is 11.3 Å². The molecular weight excluding hydrogens is 376 g/mol. The Morgan fingerprint density at radius 3 is 2.61 bits per heavy atom. The fraction of sp³-hybridized carbons (Fsp3) is 0.250. The van der Waals surface area contributed by atoms with Crippen LogP contribution in [0.3, 0.4) is 0 Å². The summed E-state index contributed by atoms with van der Waals surface area (Å²) >= 11 is 0. The molecule has 1 aromatic carbocycles. The van der Waals surface area contributed by atoms with E-state index in [1.54, 1.807) is 11.8 Å². The maximum absolute atomic E-state index is 13.0. The molecule has 0 unspecified atom stereocenters. The van der Waals surface area contributed by atoms with E-state index in [2.05, 4.69) is 14.5 Å². The van der Waals surface area contributed by atoms with Crippen LogP contribution in [0.15, 0.2) is 59.8 Å². The van der Waals surface area contributed by atoms with Gasteiger partial charge in [-0.2, -0.15) is 0 Å². The van der Waals surface area contributed by atoms with Gasteiger partial charge in [-0.1, -0.05) is 37.3 Å². The van der Waals surface area contributed by atoms with Gasteiger partial charge in [0, 0.05) is 19.3 Å². The van der Waals surface area contributed by atoms with Gasteiger partial charge in [-0.3, -0.25) is 4.79 Å². The third-order valence-electron chi connectivity index (χ3n) is 4.91. The highest BCUT2D eigenvalue weighted by molar-refractivity contribution is 7.91. The first-order chi connectivity index (χ1) is 13.5. The Morgan fingerprint density at radius 1 is 1.07 bits per heavy atom. The molecule has 0 N–H and O–H groups in total. The first-order valence-electron chi connectivity index (χ1n) is 9.08. The van der Waals surface area contributed by atoms with Crippen molar-refractivity contribution in [3.05, 3.63) is 66.4 Å². The minimum Gasteiger partial charge on any atom is -0.328 e. The van der Waals surface area contributed by atoms with Crippen molar-refractivity contribution in [2.24, 2.45) is 0 Å². The van der Waals surface area contributed by atoms with E-state index in [-0.39, 0.29) is 22.2 Å². The molecule has 1 aliphatic rings. The summed E-state index contributed by atoms with van der Waals surface area (Å²) in [5.41, 5.74) is 2.06. The SMILES string of the molecule is CCS(=O)(=O)c1cccnc1C(=O)N1CCn2c(-c3ccccc3)cnc2C1. The Morgan fingerprint density at radius 2 is 1.86 bits per heavy atom. The zero-order valence-electron chi connectivity index (χ0n) is 15.4. The van der Waals surface area contributed by atoms with E-state index >= 15 is 0 Å². The molecule has 8 heteroatoms. The van der Waals surface area contributed by atoms with Gasteiger partial charge < -0.3 is 9.47 Å². The zero-order valence-corrected chi connectivity index (χ0v) is 16.3. The van der Waals surface area contributed by atoms with Crippen LogP contribution in [0.25, 0.3) is 11.3 Å². The number of benzene rings is 1. The maximum Gasteiger partial charge on any atom is 0.274 e. The topological polar surface area (TPSA) is 85.2 Å². The van der Waals surface area contributed by atoms with Gasteiger partial charge in [-0.15, -0.1) is 0 Å². The number of nitrogens with zero attached hydrogens (tertiary/aromatic N) is 4. The minimum atomic E-state index is -3.54. The minimum absolute atomic E-state index is 0.0126. The lowest BCUT2D eigenvalue weighted by Gasteiger charge is -2.28. The van der Waals surface area contributed by atoms with E-state index in [0.29, 0.717) is 19.6 Å². The number of amides is 1. The van der Waals surface area contributed by atoms with Crippen LogP contribution >= 0.6 is 0 Å². The number of imidazole rings is 1. The van der Waals surface area contributed by atoms with Crippen molar-refractivity contribution in [2.45, 2.75) is 24.9 Å². The number of aromatic nitrogens is 3. The summed E-state index contributed by atoms with van der Waals surface area (Å²) in [6.07, 6.45) is 3.26. The lowest BCUT2D eigenvalue weighted by Crippen LogP contribution is -2.39. The van der Waals surface area contributed by atoms with Gasteiger partial charge in [0.2, 0.25) is 0 Å². The van der Waals surface area contributed by atoms with Crippen LogP contribution in [-0.2, 0) is 22.9 Å². The predicted octanol–water partition coefficient (Wildman–Crippen LogP) is 2.39. The van der Waals surface area contributed by atoms with Gasteiger partial charge in [0.05, 0.1) is 29.1 Å². The van der Waals surface area contributed by atoms with E-state index in [1.807, 2.05) is 36.5 Å². The van der Waals surface area contributed by atoms with Crippen LogP contribution in [0.5, 0.6) is 0 Å². The van der Waals surface area contributed by atoms with Gasteiger partial charge in [-0.05, 0) is 17.7 Å². The van der Waals surface area contributed by atoms with Gasteiger partial charge in [0.25, 0.3) is 5.91 Å². The lowest BCUT2D eigenvalue weighted by atomic mass is 10.1. The van der Waals surface area contributed by atoms with Gasteiger partial charge in [-0.25, -0.2) is 18.4 Å². The molecule has 1 aliphatic heterocycles. The number of carbonyl (C=O) groups is 1. The summed E-state index contributed by atoms with van der Waals surface area (Å²) in [7, 11) is -3.54. The number of sulfone groups is 1. The first-order valence-corrected chi connectivity index (χ1v) is 10.7. The molecule has 2 aromatic heterocycles. The first kappa shape index (κ1) is 18.4. The molecule has 0 spiro atoms. The number of pyridine rings is 1. The number of hydrogen-bond donors (Lipinski definition) is 0. The fourth-order valence-corrected chi connectivity index (χ4v) is 4.41. The quantitative estimate of drug-likeness (QED) is 0.676. The van der Waals surface area contributed by atoms with Crippen molar-refractivity contribution in [3.63, 3.8) is 0 Å². The molecule has 3 heterocycles. The maximum atomic E-state index is 13.0. The highest BCUT2D eigenvalue weighted by atomic mass is 32.2. The lowest BCUT2D eigenvalue weighted by molar-refractivity contribution is 0.0697. The molecule has 3 aromatic rings. The van der Waals surface area contributed by atoms with E-state index < -0.39 is 9.84 Å². The fourth-order valence-electron chi connectivity index (χ4n) is 3.38. The average molecular weight is 396 g/mol.